The molecule has 1 unspecified atom stereocenters. The highest BCUT2D eigenvalue weighted by molar-refractivity contribution is 5.88. The summed E-state index contributed by atoms with van der Waals surface area (Å²) in [5.41, 5.74) is 5.55. The van der Waals surface area contributed by atoms with E-state index in [1.165, 1.54) is 42.5 Å². The van der Waals surface area contributed by atoms with Crippen LogP contribution in [-0.4, -0.2) is 40.7 Å². The second-order valence-corrected chi connectivity index (χ2v) is 11.7. The Balaban J connectivity index is 0.000000775. The second kappa shape index (κ2) is 22.7. The minimum atomic E-state index is -0.650. The van der Waals surface area contributed by atoms with Crippen molar-refractivity contribution in [1.29, 1.82) is 0 Å². The number of H-pyrrole nitrogens is 1. The lowest BCUT2D eigenvalue weighted by Gasteiger charge is -2.23. The largest absolute Gasteiger partial charge is 0.380 e. The highest BCUT2D eigenvalue weighted by Gasteiger charge is 2.22. The summed E-state index contributed by atoms with van der Waals surface area (Å²) < 4.78 is 14.0. The maximum Gasteiger partial charge on any atom is 0.244 e. The van der Waals surface area contributed by atoms with E-state index < -0.39 is 6.04 Å². The maximum atomic E-state index is 12.9. The number of aryl methyl sites for hydroxylation is 4. The minimum absolute atomic E-state index is 0.103. The van der Waals surface area contributed by atoms with Gasteiger partial charge < -0.3 is 21.0 Å². The van der Waals surface area contributed by atoms with Gasteiger partial charge in [0.2, 0.25) is 11.8 Å². The van der Waals surface area contributed by atoms with Gasteiger partial charge in [-0.05, 0) is 80.7 Å². The summed E-state index contributed by atoms with van der Waals surface area (Å²) in [6, 6.07) is 14.5. The van der Waals surface area contributed by atoms with Gasteiger partial charge in [0.1, 0.15) is 11.9 Å². The van der Waals surface area contributed by atoms with Gasteiger partial charge in [-0.1, -0.05) is 90.4 Å². The molecule has 7 nitrogen and oxygen atoms in total. The Morgan fingerprint density at radius 3 is 2.16 bits per heavy atom. The summed E-state index contributed by atoms with van der Waals surface area (Å²) in [5.74, 6) is 0.167. The standard InChI is InChI=1S/C27H43N5O2.C7H7F.C3H8/c1-6-20(3)14-15-24-12-9-8-11-23(24)13-10-16-28-27(34)25(19-32-22(5)17-30-32)31-26(33)18-29-21(4)7-2;1-6-3-2-4-7(8)5-6;1-3-2/h8-9,11-12,17,20,25,29-30H,4,6-7,10,13-16,18-19H2,1-3,5H3,(H,28,34)(H,31,33);2-5H,1H3;3H2,1-2H3/t20-,25?;;/m1../s1. The molecule has 2 aromatic carbocycles. The number of benzene rings is 2. The van der Waals surface area contributed by atoms with Crippen LogP contribution in [0.5, 0.6) is 0 Å². The van der Waals surface area contributed by atoms with Gasteiger partial charge in [-0.3, -0.25) is 14.3 Å². The molecule has 0 saturated carbocycles. The van der Waals surface area contributed by atoms with E-state index in [0.29, 0.717) is 13.1 Å². The number of nitrogens with zero attached hydrogens (tertiary/aromatic N) is 1. The van der Waals surface area contributed by atoms with E-state index in [1.807, 2.05) is 37.7 Å². The van der Waals surface area contributed by atoms with Gasteiger partial charge in [0.15, 0.2) is 0 Å². The van der Waals surface area contributed by atoms with Gasteiger partial charge in [0.25, 0.3) is 0 Å². The Kier molecular flexibility index (Phi) is 19.7. The van der Waals surface area contributed by atoms with Crippen molar-refractivity contribution in [2.75, 3.05) is 13.1 Å². The summed E-state index contributed by atoms with van der Waals surface area (Å²) in [6.45, 7) is 19.5. The van der Waals surface area contributed by atoms with Crippen LogP contribution in [0.1, 0.15) is 89.1 Å². The first-order chi connectivity index (χ1) is 21.5. The molecule has 250 valence electrons. The monoisotopic (exact) mass is 623 g/mol. The zero-order valence-electron chi connectivity index (χ0n) is 28.8. The lowest BCUT2D eigenvalue weighted by molar-refractivity contribution is -0.129. The first kappa shape index (κ1) is 39.2. The van der Waals surface area contributed by atoms with Crippen LogP contribution in [0.4, 0.5) is 4.39 Å². The van der Waals surface area contributed by atoms with E-state index in [0.717, 1.165) is 48.6 Å². The number of rotatable bonds is 16. The predicted octanol–water partition coefficient (Wildman–Crippen LogP) is 7.40. The Hall–Kier alpha value is -3.81. The topological polar surface area (TPSA) is 91.0 Å². The summed E-state index contributed by atoms with van der Waals surface area (Å²) in [7, 11) is 0. The molecule has 1 heterocycles. The molecule has 3 aromatic rings. The third-order valence-electron chi connectivity index (χ3n) is 7.42. The average Bonchev–Trinajstić information content (AvgIpc) is 3.02. The van der Waals surface area contributed by atoms with Crippen LogP contribution in [0, 0.1) is 25.6 Å². The molecule has 0 bridgehead atoms. The molecular weight excluding hydrogens is 565 g/mol. The van der Waals surface area contributed by atoms with Gasteiger partial charge in [-0.15, -0.1) is 0 Å². The fraction of sp³-hybridized carbons (Fsp3) is 0.514. The number of carbonyl (C=O) groups is 2. The van der Waals surface area contributed by atoms with Crippen LogP contribution in [0.3, 0.4) is 0 Å². The van der Waals surface area contributed by atoms with Crippen molar-refractivity contribution in [2.24, 2.45) is 5.92 Å². The van der Waals surface area contributed by atoms with Crippen molar-refractivity contribution in [3.8, 4) is 0 Å². The highest BCUT2D eigenvalue weighted by Crippen LogP contribution is 2.17. The normalized spacial score (nSPS) is 11.6. The molecule has 2 amide bonds. The van der Waals surface area contributed by atoms with E-state index in [9.17, 15) is 14.0 Å². The molecule has 0 radical (unpaired) electrons. The Labute approximate surface area is 271 Å². The fourth-order valence-corrected chi connectivity index (χ4v) is 4.30. The second-order valence-electron chi connectivity index (χ2n) is 11.7. The number of amides is 2. The summed E-state index contributed by atoms with van der Waals surface area (Å²) >= 11 is 0. The Bertz CT molecular complexity index is 1250. The number of aromatic nitrogens is 2. The van der Waals surface area contributed by atoms with Gasteiger partial charge in [0, 0.05) is 24.1 Å². The van der Waals surface area contributed by atoms with Crippen molar-refractivity contribution in [2.45, 2.75) is 106 Å². The van der Waals surface area contributed by atoms with E-state index in [2.05, 4.69) is 79.6 Å². The minimum Gasteiger partial charge on any atom is -0.380 e. The molecular formula is C37H58FN5O2. The first-order valence-corrected chi connectivity index (χ1v) is 16.5. The van der Waals surface area contributed by atoms with Crippen molar-refractivity contribution >= 4 is 11.8 Å². The molecule has 0 saturated heterocycles. The van der Waals surface area contributed by atoms with Crippen LogP contribution in [0.15, 0.2) is 67.0 Å². The van der Waals surface area contributed by atoms with E-state index in [4.69, 9.17) is 0 Å². The smallest absolute Gasteiger partial charge is 0.244 e. The third-order valence-corrected chi connectivity index (χ3v) is 7.42. The Morgan fingerprint density at radius 2 is 1.64 bits per heavy atom. The van der Waals surface area contributed by atoms with E-state index in [1.54, 1.807) is 6.07 Å². The van der Waals surface area contributed by atoms with Crippen molar-refractivity contribution in [1.82, 2.24) is 25.7 Å². The zero-order chi connectivity index (χ0) is 33.6. The van der Waals surface area contributed by atoms with Gasteiger partial charge >= 0.3 is 0 Å². The summed E-state index contributed by atoms with van der Waals surface area (Å²) in [5, 5.41) is 11.9. The van der Waals surface area contributed by atoms with Gasteiger partial charge in [-0.2, -0.15) is 0 Å². The molecule has 0 spiro atoms. The van der Waals surface area contributed by atoms with Gasteiger partial charge in [0.05, 0.1) is 13.1 Å². The van der Waals surface area contributed by atoms with Crippen molar-refractivity contribution in [3.63, 3.8) is 0 Å². The van der Waals surface area contributed by atoms with Gasteiger partial charge in [-0.25, -0.2) is 4.39 Å². The number of halogens is 1. The van der Waals surface area contributed by atoms with Crippen molar-refractivity contribution in [3.05, 3.63) is 95.2 Å². The number of hydrogen-bond donors (Lipinski definition) is 4. The highest BCUT2D eigenvalue weighted by atomic mass is 19.1. The van der Waals surface area contributed by atoms with Crippen molar-refractivity contribution < 1.29 is 14.0 Å². The number of allylic oxidation sites excluding steroid dienone is 1. The first-order valence-electron chi connectivity index (χ1n) is 16.5. The maximum absolute atomic E-state index is 12.9. The molecule has 0 fully saturated rings. The van der Waals surface area contributed by atoms with E-state index >= 15 is 0 Å². The fourth-order valence-electron chi connectivity index (χ4n) is 4.30. The Morgan fingerprint density at radius 1 is 0.978 bits per heavy atom. The predicted molar refractivity (Wildman–Crippen MR) is 186 cm³/mol. The summed E-state index contributed by atoms with van der Waals surface area (Å²) in [6.07, 6.45) is 9.14. The molecule has 1 aromatic heterocycles. The number of nitrogens with one attached hydrogen (secondary N) is 4. The SMILES string of the molecule is C=C(CC)NCC(=O)NC(Cn1[nH]cc1C)C(=O)NCCCc1ccccc1CC[C@H](C)CC.CCC.Cc1cccc(F)c1. The molecule has 0 aliphatic carbocycles. The van der Waals surface area contributed by atoms with E-state index in [-0.39, 0.29) is 24.2 Å². The number of hydrogen-bond acceptors (Lipinski definition) is 3. The van der Waals surface area contributed by atoms with Crippen LogP contribution in [0.25, 0.3) is 0 Å². The van der Waals surface area contributed by atoms with Crippen LogP contribution < -0.4 is 16.0 Å². The molecule has 8 heteroatoms. The molecule has 45 heavy (non-hydrogen) atoms. The lowest BCUT2D eigenvalue weighted by Crippen LogP contribution is -2.51. The van der Waals surface area contributed by atoms with Crippen LogP contribution >= 0.6 is 0 Å². The number of carbonyl (C=O) groups excluding carboxylic acids is 2. The zero-order valence-corrected chi connectivity index (χ0v) is 28.8. The lowest BCUT2D eigenvalue weighted by atomic mass is 9.94. The van der Waals surface area contributed by atoms with Crippen LogP contribution in [0.2, 0.25) is 0 Å². The van der Waals surface area contributed by atoms with Crippen LogP contribution in [-0.2, 0) is 29.0 Å². The molecule has 3 rings (SSSR count). The average molecular weight is 624 g/mol. The quantitative estimate of drug-likeness (QED) is 0.125. The number of aromatic amines is 1. The third kappa shape index (κ3) is 16.7. The molecule has 2 atom stereocenters. The molecule has 4 N–H and O–H groups in total. The molecule has 0 aliphatic rings. The summed E-state index contributed by atoms with van der Waals surface area (Å²) in [4.78, 5) is 25.3. The molecule has 0 aliphatic heterocycles.